The number of aromatic nitrogens is 4. The van der Waals surface area contributed by atoms with Crippen molar-refractivity contribution in [2.45, 2.75) is 53.4 Å². The molecule has 102 valence electrons. The number of hydrogen-bond donors (Lipinski definition) is 1. The number of aliphatic carboxylic acids is 1. The molecule has 0 radical (unpaired) electrons. The third kappa shape index (κ3) is 3.49. The van der Waals surface area contributed by atoms with Crippen molar-refractivity contribution in [2.24, 2.45) is 5.41 Å². The van der Waals surface area contributed by atoms with Crippen LogP contribution in [0, 0.1) is 5.41 Å². The van der Waals surface area contributed by atoms with Crippen LogP contribution >= 0.6 is 0 Å². The summed E-state index contributed by atoms with van der Waals surface area (Å²) in [7, 11) is 0. The SMILES string of the molecule is CCC(C)(Cn1nnnc1COC(C)C)C(=O)O. The highest BCUT2D eigenvalue weighted by Crippen LogP contribution is 2.23. The Hall–Kier alpha value is -1.50. The van der Waals surface area contributed by atoms with Gasteiger partial charge >= 0.3 is 5.97 Å². The van der Waals surface area contributed by atoms with Gasteiger partial charge in [-0.3, -0.25) is 4.79 Å². The van der Waals surface area contributed by atoms with E-state index in [1.165, 1.54) is 4.68 Å². The zero-order chi connectivity index (χ0) is 13.8. The van der Waals surface area contributed by atoms with Crippen LogP contribution in [0.4, 0.5) is 0 Å². The minimum Gasteiger partial charge on any atom is -0.481 e. The van der Waals surface area contributed by atoms with Crippen molar-refractivity contribution in [1.82, 2.24) is 20.2 Å². The third-order valence-corrected chi connectivity index (χ3v) is 2.95. The molecule has 1 heterocycles. The van der Waals surface area contributed by atoms with E-state index >= 15 is 0 Å². The van der Waals surface area contributed by atoms with Gasteiger partial charge in [-0.1, -0.05) is 6.92 Å². The quantitative estimate of drug-likeness (QED) is 0.785. The van der Waals surface area contributed by atoms with Crippen molar-refractivity contribution in [3.8, 4) is 0 Å². The Morgan fingerprint density at radius 2 is 2.22 bits per heavy atom. The van der Waals surface area contributed by atoms with Gasteiger partial charge in [-0.2, -0.15) is 0 Å². The lowest BCUT2D eigenvalue weighted by molar-refractivity contribution is -0.149. The summed E-state index contributed by atoms with van der Waals surface area (Å²) in [6.07, 6.45) is 0.583. The van der Waals surface area contributed by atoms with Crippen LogP contribution in [0.2, 0.25) is 0 Å². The molecule has 0 saturated carbocycles. The van der Waals surface area contributed by atoms with Crippen molar-refractivity contribution in [3.63, 3.8) is 0 Å². The molecule has 0 aliphatic heterocycles. The number of nitrogens with zero attached hydrogens (tertiary/aromatic N) is 4. The molecule has 7 heteroatoms. The molecule has 0 aromatic carbocycles. The maximum Gasteiger partial charge on any atom is 0.311 e. The van der Waals surface area contributed by atoms with Gasteiger partial charge in [0.2, 0.25) is 0 Å². The molecule has 1 unspecified atom stereocenters. The van der Waals surface area contributed by atoms with E-state index in [0.717, 1.165) is 0 Å². The smallest absolute Gasteiger partial charge is 0.311 e. The largest absolute Gasteiger partial charge is 0.481 e. The average Bonchev–Trinajstić information content (AvgIpc) is 2.73. The molecule has 0 fully saturated rings. The molecule has 7 nitrogen and oxygen atoms in total. The fraction of sp³-hybridized carbons (Fsp3) is 0.818. The summed E-state index contributed by atoms with van der Waals surface area (Å²) in [5, 5.41) is 20.5. The maximum absolute atomic E-state index is 11.2. The predicted octanol–water partition coefficient (Wildman–Crippen LogP) is 1.10. The molecule has 1 N–H and O–H groups in total. The molecule has 18 heavy (non-hydrogen) atoms. The maximum atomic E-state index is 11.2. The Labute approximate surface area is 106 Å². The molecule has 0 bridgehead atoms. The number of carboxylic acid groups (broad SMARTS) is 1. The number of ether oxygens (including phenoxy) is 1. The van der Waals surface area contributed by atoms with Gasteiger partial charge in [0, 0.05) is 0 Å². The van der Waals surface area contributed by atoms with Crippen LogP contribution in [0.25, 0.3) is 0 Å². The Kier molecular flexibility index (Phi) is 4.77. The molecular formula is C11H20N4O3. The summed E-state index contributed by atoms with van der Waals surface area (Å²) in [6, 6.07) is 0. The van der Waals surface area contributed by atoms with Crippen molar-refractivity contribution >= 4 is 5.97 Å². The van der Waals surface area contributed by atoms with Gasteiger partial charge in [-0.15, -0.1) is 5.10 Å². The molecule has 0 aliphatic carbocycles. The van der Waals surface area contributed by atoms with Gasteiger partial charge in [-0.25, -0.2) is 4.68 Å². The number of rotatable bonds is 7. The van der Waals surface area contributed by atoms with Crippen LogP contribution < -0.4 is 0 Å². The number of hydrogen-bond acceptors (Lipinski definition) is 5. The average molecular weight is 256 g/mol. The van der Waals surface area contributed by atoms with Crippen LogP contribution in [0.5, 0.6) is 0 Å². The molecule has 0 saturated heterocycles. The number of carbonyl (C=O) groups is 1. The van der Waals surface area contributed by atoms with E-state index in [0.29, 0.717) is 12.2 Å². The monoisotopic (exact) mass is 256 g/mol. The minimum atomic E-state index is -0.873. The first kappa shape index (κ1) is 14.6. The van der Waals surface area contributed by atoms with E-state index in [1.54, 1.807) is 6.92 Å². The summed E-state index contributed by atoms with van der Waals surface area (Å²) in [4.78, 5) is 11.2. The van der Waals surface area contributed by atoms with Crippen molar-refractivity contribution in [2.75, 3.05) is 0 Å². The predicted molar refractivity (Wildman–Crippen MR) is 63.8 cm³/mol. The molecule has 1 aromatic heterocycles. The summed E-state index contributed by atoms with van der Waals surface area (Å²) in [6.45, 7) is 7.88. The van der Waals surface area contributed by atoms with E-state index in [-0.39, 0.29) is 19.3 Å². The van der Waals surface area contributed by atoms with Gasteiger partial charge in [0.15, 0.2) is 5.82 Å². The van der Waals surface area contributed by atoms with E-state index < -0.39 is 11.4 Å². The van der Waals surface area contributed by atoms with E-state index in [4.69, 9.17) is 4.74 Å². The number of tetrazole rings is 1. The molecule has 1 aromatic rings. The fourth-order valence-corrected chi connectivity index (χ4v) is 1.35. The highest BCUT2D eigenvalue weighted by atomic mass is 16.5. The Morgan fingerprint density at radius 3 is 2.72 bits per heavy atom. The van der Waals surface area contributed by atoms with Gasteiger partial charge in [0.1, 0.15) is 6.61 Å². The van der Waals surface area contributed by atoms with Crippen LogP contribution in [0.3, 0.4) is 0 Å². The molecule has 1 rings (SSSR count). The van der Waals surface area contributed by atoms with Gasteiger partial charge in [-0.05, 0) is 37.6 Å². The number of carboxylic acids is 1. The normalized spacial score (nSPS) is 14.7. The lowest BCUT2D eigenvalue weighted by atomic mass is 9.88. The van der Waals surface area contributed by atoms with Crippen LogP contribution in [-0.4, -0.2) is 37.4 Å². The third-order valence-electron chi connectivity index (χ3n) is 2.95. The molecule has 0 aliphatic rings. The van der Waals surface area contributed by atoms with Gasteiger partial charge in [0.25, 0.3) is 0 Å². The lowest BCUT2D eigenvalue weighted by Gasteiger charge is -2.22. The highest BCUT2D eigenvalue weighted by molar-refractivity contribution is 5.73. The van der Waals surface area contributed by atoms with Crippen molar-refractivity contribution in [1.29, 1.82) is 0 Å². The summed E-state index contributed by atoms with van der Waals surface area (Å²) in [5.74, 6) is -0.305. The van der Waals surface area contributed by atoms with Crippen LogP contribution in [0.15, 0.2) is 0 Å². The van der Waals surface area contributed by atoms with Gasteiger partial charge < -0.3 is 9.84 Å². The van der Waals surface area contributed by atoms with Gasteiger partial charge in [0.05, 0.1) is 18.1 Å². The second kappa shape index (κ2) is 5.90. The molecule has 0 amide bonds. The molecule has 1 atom stereocenters. The topological polar surface area (TPSA) is 90.1 Å². The summed E-state index contributed by atoms with van der Waals surface area (Å²) < 4.78 is 6.92. The second-order valence-corrected chi connectivity index (χ2v) is 4.83. The van der Waals surface area contributed by atoms with E-state index in [2.05, 4.69) is 15.5 Å². The summed E-state index contributed by atoms with van der Waals surface area (Å²) in [5.41, 5.74) is -0.873. The Morgan fingerprint density at radius 1 is 1.56 bits per heavy atom. The minimum absolute atomic E-state index is 0.0761. The first-order chi connectivity index (χ1) is 8.39. The second-order valence-electron chi connectivity index (χ2n) is 4.83. The first-order valence-electron chi connectivity index (χ1n) is 5.99. The molecule has 0 spiro atoms. The fourth-order valence-electron chi connectivity index (χ4n) is 1.35. The van der Waals surface area contributed by atoms with E-state index in [1.807, 2.05) is 20.8 Å². The first-order valence-corrected chi connectivity index (χ1v) is 5.99. The lowest BCUT2D eigenvalue weighted by Crippen LogP contribution is -2.33. The summed E-state index contributed by atoms with van der Waals surface area (Å²) >= 11 is 0. The Bertz CT molecular complexity index is 405. The highest BCUT2D eigenvalue weighted by Gasteiger charge is 2.33. The molecular weight excluding hydrogens is 236 g/mol. The van der Waals surface area contributed by atoms with Crippen LogP contribution in [0.1, 0.15) is 39.9 Å². The Balaban J connectivity index is 2.78. The zero-order valence-electron chi connectivity index (χ0n) is 11.3. The zero-order valence-corrected chi connectivity index (χ0v) is 11.3. The van der Waals surface area contributed by atoms with Crippen LogP contribution in [-0.2, 0) is 22.7 Å². The van der Waals surface area contributed by atoms with Crippen molar-refractivity contribution in [3.05, 3.63) is 5.82 Å². The standard InChI is InChI=1S/C11H20N4O3/c1-5-11(4,10(16)17)7-15-9(12-13-14-15)6-18-8(2)3/h8H,5-7H2,1-4H3,(H,16,17). The van der Waals surface area contributed by atoms with Crippen molar-refractivity contribution < 1.29 is 14.6 Å². The van der Waals surface area contributed by atoms with E-state index in [9.17, 15) is 9.90 Å².